The van der Waals surface area contributed by atoms with Crippen molar-refractivity contribution in [2.75, 3.05) is 25.0 Å². The van der Waals surface area contributed by atoms with E-state index < -0.39 is 0 Å². The molecule has 0 aliphatic heterocycles. The van der Waals surface area contributed by atoms with Crippen LogP contribution in [0.5, 0.6) is 0 Å². The number of hydrogen-bond acceptors (Lipinski definition) is 4. The average molecular weight is 265 g/mol. The van der Waals surface area contributed by atoms with E-state index in [2.05, 4.69) is 37.1 Å². The number of aryl methyl sites for hydroxylation is 1. The Balaban J connectivity index is 2.63. The standard InChI is InChI=1S/C15H27N3O/c1-11(2)7-16-8-14-6-12(3)15(17-9-14)18(5)10-13(4)19/h6,9,11,13,16,19H,7-8,10H2,1-5H3. The molecule has 0 fully saturated rings. The first-order valence-corrected chi connectivity index (χ1v) is 6.95. The highest BCUT2D eigenvalue weighted by Gasteiger charge is 2.09. The molecule has 4 nitrogen and oxygen atoms in total. The van der Waals surface area contributed by atoms with Gasteiger partial charge in [0.1, 0.15) is 5.82 Å². The van der Waals surface area contributed by atoms with Crippen LogP contribution in [0.2, 0.25) is 0 Å². The second-order valence-electron chi connectivity index (χ2n) is 5.74. The number of anilines is 1. The van der Waals surface area contributed by atoms with E-state index in [1.165, 1.54) is 5.56 Å². The van der Waals surface area contributed by atoms with Crippen molar-refractivity contribution in [3.8, 4) is 0 Å². The summed E-state index contributed by atoms with van der Waals surface area (Å²) in [6.07, 6.45) is 1.56. The summed E-state index contributed by atoms with van der Waals surface area (Å²) in [7, 11) is 1.96. The first kappa shape index (κ1) is 15.9. The lowest BCUT2D eigenvalue weighted by Crippen LogP contribution is -2.28. The molecule has 108 valence electrons. The minimum atomic E-state index is -0.349. The van der Waals surface area contributed by atoms with Crippen LogP contribution in [0.3, 0.4) is 0 Å². The zero-order chi connectivity index (χ0) is 14.4. The molecule has 0 aromatic carbocycles. The van der Waals surface area contributed by atoms with Crippen LogP contribution in [-0.4, -0.2) is 36.3 Å². The molecule has 1 aromatic rings. The SMILES string of the molecule is Cc1cc(CNCC(C)C)cnc1N(C)CC(C)O. The topological polar surface area (TPSA) is 48.4 Å². The molecule has 0 spiro atoms. The minimum Gasteiger partial charge on any atom is -0.392 e. The van der Waals surface area contributed by atoms with Gasteiger partial charge < -0.3 is 15.3 Å². The first-order chi connectivity index (χ1) is 8.90. The van der Waals surface area contributed by atoms with Gasteiger partial charge in [0.2, 0.25) is 0 Å². The van der Waals surface area contributed by atoms with E-state index in [1.54, 1.807) is 6.92 Å². The number of aliphatic hydroxyl groups excluding tert-OH is 1. The van der Waals surface area contributed by atoms with Crippen LogP contribution in [0.1, 0.15) is 31.9 Å². The summed E-state index contributed by atoms with van der Waals surface area (Å²) in [5, 5.41) is 12.8. The predicted octanol–water partition coefficient (Wildman–Crippen LogP) is 1.95. The van der Waals surface area contributed by atoms with Crippen LogP contribution in [0, 0.1) is 12.8 Å². The van der Waals surface area contributed by atoms with Crippen molar-refractivity contribution in [2.45, 2.75) is 40.3 Å². The van der Waals surface area contributed by atoms with Crippen molar-refractivity contribution in [1.29, 1.82) is 0 Å². The molecule has 1 aromatic heterocycles. The lowest BCUT2D eigenvalue weighted by molar-refractivity contribution is 0.201. The lowest BCUT2D eigenvalue weighted by Gasteiger charge is -2.22. The van der Waals surface area contributed by atoms with Gasteiger partial charge in [-0.3, -0.25) is 0 Å². The van der Waals surface area contributed by atoms with E-state index in [9.17, 15) is 5.11 Å². The van der Waals surface area contributed by atoms with Gasteiger partial charge in [-0.1, -0.05) is 13.8 Å². The van der Waals surface area contributed by atoms with Crippen molar-refractivity contribution in [3.05, 3.63) is 23.4 Å². The molecule has 2 N–H and O–H groups in total. The van der Waals surface area contributed by atoms with Crippen LogP contribution >= 0.6 is 0 Å². The Morgan fingerprint density at radius 1 is 1.37 bits per heavy atom. The summed E-state index contributed by atoms with van der Waals surface area (Å²) in [6, 6.07) is 2.16. The molecule has 1 atom stereocenters. The van der Waals surface area contributed by atoms with Gasteiger partial charge in [-0.05, 0) is 43.5 Å². The number of pyridine rings is 1. The Labute approximate surface area is 116 Å². The van der Waals surface area contributed by atoms with Gasteiger partial charge in [-0.15, -0.1) is 0 Å². The molecule has 0 amide bonds. The summed E-state index contributed by atoms with van der Waals surface area (Å²) in [6.45, 7) is 10.7. The molecule has 0 bridgehead atoms. The molecule has 1 unspecified atom stereocenters. The van der Waals surface area contributed by atoms with Gasteiger partial charge in [-0.2, -0.15) is 0 Å². The van der Waals surface area contributed by atoms with Crippen LogP contribution < -0.4 is 10.2 Å². The minimum absolute atomic E-state index is 0.349. The number of aliphatic hydroxyl groups is 1. The lowest BCUT2D eigenvalue weighted by atomic mass is 10.1. The fourth-order valence-electron chi connectivity index (χ4n) is 2.11. The molecular formula is C15H27N3O. The Bertz CT molecular complexity index is 391. The number of hydrogen-bond donors (Lipinski definition) is 2. The largest absolute Gasteiger partial charge is 0.392 e. The van der Waals surface area contributed by atoms with E-state index in [1.807, 2.05) is 18.1 Å². The van der Waals surface area contributed by atoms with Crippen molar-refractivity contribution in [3.63, 3.8) is 0 Å². The van der Waals surface area contributed by atoms with Crippen molar-refractivity contribution in [2.24, 2.45) is 5.92 Å². The highest BCUT2D eigenvalue weighted by atomic mass is 16.3. The maximum Gasteiger partial charge on any atom is 0.131 e. The van der Waals surface area contributed by atoms with Crippen LogP contribution in [0.15, 0.2) is 12.3 Å². The van der Waals surface area contributed by atoms with E-state index in [-0.39, 0.29) is 6.10 Å². The van der Waals surface area contributed by atoms with Crippen LogP contribution in [0.4, 0.5) is 5.82 Å². The maximum atomic E-state index is 9.42. The molecule has 0 aliphatic carbocycles. The smallest absolute Gasteiger partial charge is 0.131 e. The van der Waals surface area contributed by atoms with Crippen molar-refractivity contribution >= 4 is 5.82 Å². The highest BCUT2D eigenvalue weighted by Crippen LogP contribution is 2.16. The fourth-order valence-corrected chi connectivity index (χ4v) is 2.11. The fraction of sp³-hybridized carbons (Fsp3) is 0.667. The molecule has 0 radical (unpaired) electrons. The second kappa shape index (κ2) is 7.46. The monoisotopic (exact) mass is 265 g/mol. The number of nitrogens with zero attached hydrogens (tertiary/aromatic N) is 2. The normalized spacial score (nSPS) is 12.8. The average Bonchev–Trinajstić information content (AvgIpc) is 2.27. The molecule has 19 heavy (non-hydrogen) atoms. The number of nitrogens with one attached hydrogen (secondary N) is 1. The number of rotatable bonds is 7. The quantitative estimate of drug-likeness (QED) is 0.791. The maximum absolute atomic E-state index is 9.42. The molecule has 0 aliphatic rings. The third-order valence-electron chi connectivity index (χ3n) is 2.89. The van der Waals surface area contributed by atoms with Crippen LogP contribution in [0.25, 0.3) is 0 Å². The van der Waals surface area contributed by atoms with Gasteiger partial charge in [0.25, 0.3) is 0 Å². The Kier molecular flexibility index (Phi) is 6.25. The zero-order valence-corrected chi connectivity index (χ0v) is 12.8. The van der Waals surface area contributed by atoms with E-state index in [0.717, 1.165) is 24.5 Å². The third kappa shape index (κ3) is 5.57. The van der Waals surface area contributed by atoms with Gasteiger partial charge in [-0.25, -0.2) is 4.98 Å². The zero-order valence-electron chi connectivity index (χ0n) is 12.8. The molecule has 1 rings (SSSR count). The third-order valence-corrected chi connectivity index (χ3v) is 2.89. The second-order valence-corrected chi connectivity index (χ2v) is 5.74. The molecule has 0 saturated carbocycles. The number of aromatic nitrogens is 1. The van der Waals surface area contributed by atoms with Crippen LogP contribution in [-0.2, 0) is 6.54 Å². The highest BCUT2D eigenvalue weighted by molar-refractivity contribution is 5.46. The van der Waals surface area contributed by atoms with Gasteiger partial charge >= 0.3 is 0 Å². The number of likely N-dealkylation sites (N-methyl/N-ethyl adjacent to an activating group) is 1. The van der Waals surface area contributed by atoms with Gasteiger partial charge in [0, 0.05) is 26.3 Å². The Morgan fingerprint density at radius 3 is 2.58 bits per heavy atom. The Hall–Kier alpha value is -1.13. The van der Waals surface area contributed by atoms with Gasteiger partial charge in [0.15, 0.2) is 0 Å². The van der Waals surface area contributed by atoms with Crippen molar-refractivity contribution < 1.29 is 5.11 Å². The summed E-state index contributed by atoms with van der Waals surface area (Å²) in [4.78, 5) is 6.50. The molecule has 0 saturated heterocycles. The van der Waals surface area contributed by atoms with Gasteiger partial charge in [0.05, 0.1) is 6.10 Å². The van der Waals surface area contributed by atoms with E-state index in [4.69, 9.17) is 0 Å². The van der Waals surface area contributed by atoms with Crippen molar-refractivity contribution in [1.82, 2.24) is 10.3 Å². The summed E-state index contributed by atoms with van der Waals surface area (Å²) in [5.41, 5.74) is 2.35. The molecular weight excluding hydrogens is 238 g/mol. The van der Waals surface area contributed by atoms with E-state index in [0.29, 0.717) is 12.5 Å². The summed E-state index contributed by atoms with van der Waals surface area (Å²) < 4.78 is 0. The summed E-state index contributed by atoms with van der Waals surface area (Å²) in [5.74, 6) is 1.60. The predicted molar refractivity (Wildman–Crippen MR) is 80.5 cm³/mol. The molecule has 4 heteroatoms. The first-order valence-electron chi connectivity index (χ1n) is 6.95. The Morgan fingerprint density at radius 2 is 2.05 bits per heavy atom. The molecule has 1 heterocycles. The van der Waals surface area contributed by atoms with E-state index >= 15 is 0 Å². The summed E-state index contributed by atoms with van der Waals surface area (Å²) >= 11 is 0.